The van der Waals surface area contributed by atoms with Gasteiger partial charge in [0.2, 0.25) is 5.91 Å². The summed E-state index contributed by atoms with van der Waals surface area (Å²) in [5.74, 6) is -1.18. The number of aliphatic carboxylic acids is 1. The van der Waals surface area contributed by atoms with Gasteiger partial charge in [-0.3, -0.25) is 9.59 Å². The molecule has 0 saturated carbocycles. The molecule has 0 aromatic carbocycles. The summed E-state index contributed by atoms with van der Waals surface area (Å²) in [5.41, 5.74) is -0.527. The summed E-state index contributed by atoms with van der Waals surface area (Å²) in [4.78, 5) is 23.8. The first-order valence-corrected chi connectivity index (χ1v) is 7.62. The van der Waals surface area contributed by atoms with Crippen LogP contribution in [0, 0.1) is 17.3 Å². The van der Waals surface area contributed by atoms with Crippen LogP contribution in [0.25, 0.3) is 0 Å². The quantitative estimate of drug-likeness (QED) is 0.619. The number of amides is 1. The topological polar surface area (TPSA) is 87.7 Å². The fraction of sp³-hybridized carbons (Fsp3) is 0.867. The van der Waals surface area contributed by atoms with Gasteiger partial charge in [-0.1, -0.05) is 13.8 Å². The van der Waals surface area contributed by atoms with Gasteiger partial charge in [0.05, 0.1) is 17.9 Å². The van der Waals surface area contributed by atoms with E-state index in [1.807, 2.05) is 13.8 Å². The van der Waals surface area contributed by atoms with Crippen LogP contribution >= 0.6 is 0 Å². The number of carboxylic acid groups (broad SMARTS) is 1. The van der Waals surface area contributed by atoms with Crippen molar-refractivity contribution in [3.63, 3.8) is 0 Å². The van der Waals surface area contributed by atoms with Gasteiger partial charge in [-0.2, -0.15) is 0 Å². The molecule has 3 N–H and O–H groups in total. The van der Waals surface area contributed by atoms with Gasteiger partial charge in [0.25, 0.3) is 0 Å². The molecular weight excluding hydrogens is 272 g/mol. The number of piperidine rings is 1. The van der Waals surface area contributed by atoms with Crippen molar-refractivity contribution in [1.29, 1.82) is 0 Å². The fourth-order valence-corrected chi connectivity index (χ4v) is 2.86. The highest BCUT2D eigenvalue weighted by molar-refractivity contribution is 5.83. The highest BCUT2D eigenvalue weighted by Gasteiger charge is 2.39. The van der Waals surface area contributed by atoms with Gasteiger partial charge in [-0.05, 0) is 38.3 Å². The van der Waals surface area contributed by atoms with Gasteiger partial charge >= 0.3 is 5.97 Å². The molecule has 1 atom stereocenters. The summed E-state index contributed by atoms with van der Waals surface area (Å²) >= 11 is 0. The van der Waals surface area contributed by atoms with Crippen molar-refractivity contribution in [2.45, 2.75) is 33.1 Å². The van der Waals surface area contributed by atoms with Crippen molar-refractivity contribution < 1.29 is 19.4 Å². The number of carbonyl (C=O) groups is 2. The molecule has 0 aliphatic carbocycles. The minimum Gasteiger partial charge on any atom is -0.481 e. The Labute approximate surface area is 126 Å². The summed E-state index contributed by atoms with van der Waals surface area (Å²) in [7, 11) is 1.59. The van der Waals surface area contributed by atoms with E-state index in [1.54, 1.807) is 7.11 Å². The van der Waals surface area contributed by atoms with Crippen molar-refractivity contribution in [3.05, 3.63) is 0 Å². The molecule has 6 heteroatoms. The lowest BCUT2D eigenvalue weighted by atomic mass is 9.78. The van der Waals surface area contributed by atoms with Crippen molar-refractivity contribution in [2.75, 3.05) is 33.4 Å². The first kappa shape index (κ1) is 17.9. The maximum absolute atomic E-state index is 12.5. The number of hydrogen-bond donors (Lipinski definition) is 3. The van der Waals surface area contributed by atoms with E-state index >= 15 is 0 Å². The largest absolute Gasteiger partial charge is 0.481 e. The summed E-state index contributed by atoms with van der Waals surface area (Å²) in [6.07, 6.45) is 2.00. The molecule has 21 heavy (non-hydrogen) atoms. The molecule has 0 bridgehead atoms. The molecular formula is C15H28N2O4. The van der Waals surface area contributed by atoms with E-state index in [4.69, 9.17) is 4.74 Å². The Hall–Kier alpha value is -1.14. The van der Waals surface area contributed by atoms with Gasteiger partial charge in [0.15, 0.2) is 0 Å². The van der Waals surface area contributed by atoms with Crippen molar-refractivity contribution in [2.24, 2.45) is 17.3 Å². The third-order valence-corrected chi connectivity index (χ3v) is 4.08. The zero-order chi connectivity index (χ0) is 15.9. The van der Waals surface area contributed by atoms with Crippen LogP contribution in [0.1, 0.15) is 33.1 Å². The van der Waals surface area contributed by atoms with Crippen molar-refractivity contribution in [3.8, 4) is 0 Å². The van der Waals surface area contributed by atoms with E-state index in [1.165, 1.54) is 0 Å². The second-order valence-electron chi connectivity index (χ2n) is 6.34. The van der Waals surface area contributed by atoms with E-state index in [0.29, 0.717) is 25.9 Å². The fourth-order valence-electron chi connectivity index (χ4n) is 2.86. The smallest absolute Gasteiger partial charge is 0.308 e. The Kier molecular flexibility index (Phi) is 7.11. The summed E-state index contributed by atoms with van der Waals surface area (Å²) < 4.78 is 5.22. The van der Waals surface area contributed by atoms with E-state index in [2.05, 4.69) is 10.6 Å². The second kappa shape index (κ2) is 8.34. The summed E-state index contributed by atoms with van der Waals surface area (Å²) in [6, 6.07) is 0. The molecule has 122 valence electrons. The molecule has 1 fully saturated rings. The maximum Gasteiger partial charge on any atom is 0.308 e. The number of methoxy groups -OCH3 is 1. The predicted octanol–water partition coefficient (Wildman–Crippen LogP) is 0.866. The molecule has 1 unspecified atom stereocenters. The first-order chi connectivity index (χ1) is 9.91. The zero-order valence-corrected chi connectivity index (χ0v) is 13.3. The van der Waals surface area contributed by atoms with Crippen molar-refractivity contribution in [1.82, 2.24) is 10.6 Å². The Bertz CT molecular complexity index is 346. The van der Waals surface area contributed by atoms with Gasteiger partial charge in [0.1, 0.15) is 0 Å². The lowest BCUT2D eigenvalue weighted by molar-refractivity contribution is -0.143. The molecule has 0 aromatic heterocycles. The predicted molar refractivity (Wildman–Crippen MR) is 80.0 cm³/mol. The average Bonchev–Trinajstić information content (AvgIpc) is 2.43. The standard InChI is InChI=1S/C15H28N2O4/c1-11(2)8-12(13(18)19)9-17-14(20)15(10-21-3)4-6-16-7-5-15/h11-12,16H,4-10H2,1-3H3,(H,17,20)(H,18,19). The van der Waals surface area contributed by atoms with E-state index < -0.39 is 17.3 Å². The van der Waals surface area contributed by atoms with Crippen LogP contribution in [0.2, 0.25) is 0 Å². The molecule has 1 amide bonds. The van der Waals surface area contributed by atoms with E-state index in [9.17, 15) is 14.7 Å². The van der Waals surface area contributed by atoms with Crippen LogP contribution in [-0.2, 0) is 14.3 Å². The lowest BCUT2D eigenvalue weighted by Gasteiger charge is -2.35. The number of hydrogen-bond acceptors (Lipinski definition) is 4. The molecule has 1 saturated heterocycles. The van der Waals surface area contributed by atoms with Gasteiger partial charge in [0, 0.05) is 13.7 Å². The molecule has 1 heterocycles. The summed E-state index contributed by atoms with van der Waals surface area (Å²) in [6.45, 7) is 6.10. The zero-order valence-electron chi connectivity index (χ0n) is 13.3. The van der Waals surface area contributed by atoms with Crippen LogP contribution in [0.5, 0.6) is 0 Å². The Morgan fingerprint density at radius 1 is 1.33 bits per heavy atom. The van der Waals surface area contributed by atoms with E-state index in [-0.39, 0.29) is 18.4 Å². The molecule has 1 aliphatic heterocycles. The highest BCUT2D eigenvalue weighted by atomic mass is 16.5. The monoisotopic (exact) mass is 300 g/mol. The third-order valence-electron chi connectivity index (χ3n) is 4.08. The van der Waals surface area contributed by atoms with Crippen LogP contribution in [-0.4, -0.2) is 50.3 Å². The number of ether oxygens (including phenoxy) is 1. The average molecular weight is 300 g/mol. The molecule has 1 aliphatic rings. The van der Waals surface area contributed by atoms with E-state index in [0.717, 1.165) is 13.1 Å². The maximum atomic E-state index is 12.5. The molecule has 0 aromatic rings. The second-order valence-corrected chi connectivity index (χ2v) is 6.34. The van der Waals surface area contributed by atoms with Gasteiger partial charge in [-0.15, -0.1) is 0 Å². The highest BCUT2D eigenvalue weighted by Crippen LogP contribution is 2.29. The number of carboxylic acids is 1. The number of carbonyl (C=O) groups excluding carboxylic acids is 1. The first-order valence-electron chi connectivity index (χ1n) is 7.62. The van der Waals surface area contributed by atoms with Crippen molar-refractivity contribution >= 4 is 11.9 Å². The Morgan fingerprint density at radius 3 is 2.43 bits per heavy atom. The Balaban J connectivity index is 2.61. The minimum atomic E-state index is -0.852. The number of rotatable bonds is 8. The van der Waals surface area contributed by atoms with Crippen LogP contribution in [0.3, 0.4) is 0 Å². The Morgan fingerprint density at radius 2 is 1.95 bits per heavy atom. The van der Waals surface area contributed by atoms with Crippen LogP contribution in [0.4, 0.5) is 0 Å². The minimum absolute atomic E-state index is 0.0825. The van der Waals surface area contributed by atoms with Crippen LogP contribution in [0.15, 0.2) is 0 Å². The van der Waals surface area contributed by atoms with Crippen LogP contribution < -0.4 is 10.6 Å². The normalized spacial score (nSPS) is 19.2. The summed E-state index contributed by atoms with van der Waals surface area (Å²) in [5, 5.41) is 15.3. The molecule has 1 rings (SSSR count). The lowest BCUT2D eigenvalue weighted by Crippen LogP contribution is -2.51. The third kappa shape index (κ3) is 5.28. The molecule has 0 spiro atoms. The molecule has 0 radical (unpaired) electrons. The number of nitrogens with one attached hydrogen (secondary N) is 2. The molecule has 6 nitrogen and oxygen atoms in total. The SMILES string of the molecule is COCC1(C(=O)NCC(CC(C)C)C(=O)O)CCNCC1. The van der Waals surface area contributed by atoms with Gasteiger partial charge < -0.3 is 20.5 Å². The van der Waals surface area contributed by atoms with Gasteiger partial charge in [-0.25, -0.2) is 0 Å².